The largest absolute Gasteiger partial charge is 0.339 e. The van der Waals surface area contributed by atoms with E-state index in [1.165, 1.54) is 31.2 Å². The summed E-state index contributed by atoms with van der Waals surface area (Å²) in [5.74, 6) is -0.915. The Kier molecular flexibility index (Phi) is 6.09. The van der Waals surface area contributed by atoms with E-state index >= 15 is 0 Å². The molecule has 1 aliphatic heterocycles. The number of anilines is 1. The minimum absolute atomic E-state index is 0.0174. The van der Waals surface area contributed by atoms with Gasteiger partial charge in [-0.2, -0.15) is 0 Å². The van der Waals surface area contributed by atoms with E-state index in [0.717, 1.165) is 18.2 Å². The van der Waals surface area contributed by atoms with Gasteiger partial charge in [-0.3, -0.25) is 14.3 Å². The lowest BCUT2D eigenvalue weighted by Crippen LogP contribution is -2.50. The second-order valence-corrected chi connectivity index (χ2v) is 8.65. The van der Waals surface area contributed by atoms with Crippen molar-refractivity contribution >= 4 is 39.1 Å². The van der Waals surface area contributed by atoms with Crippen molar-refractivity contribution in [1.82, 2.24) is 9.80 Å². The Labute approximate surface area is 173 Å². The second kappa shape index (κ2) is 8.38. The van der Waals surface area contributed by atoms with Crippen molar-refractivity contribution in [2.45, 2.75) is 11.8 Å². The van der Waals surface area contributed by atoms with Crippen LogP contribution in [0.3, 0.4) is 0 Å². The van der Waals surface area contributed by atoms with Gasteiger partial charge in [-0.25, -0.2) is 12.8 Å². The summed E-state index contributed by atoms with van der Waals surface area (Å²) in [4.78, 5) is 27.1. The average molecular weight is 440 g/mol. The van der Waals surface area contributed by atoms with Crippen LogP contribution in [0.5, 0.6) is 0 Å². The van der Waals surface area contributed by atoms with Gasteiger partial charge in [-0.15, -0.1) is 0 Å². The van der Waals surface area contributed by atoms with E-state index in [1.807, 2.05) is 0 Å². The molecule has 1 aliphatic rings. The van der Waals surface area contributed by atoms with Gasteiger partial charge in [-0.1, -0.05) is 11.6 Å². The molecule has 1 N–H and O–H groups in total. The number of rotatable bonds is 4. The van der Waals surface area contributed by atoms with E-state index in [9.17, 15) is 22.4 Å². The van der Waals surface area contributed by atoms with Crippen LogP contribution in [-0.4, -0.2) is 56.2 Å². The Morgan fingerprint density at radius 3 is 2.14 bits per heavy atom. The van der Waals surface area contributed by atoms with Gasteiger partial charge in [0.2, 0.25) is 5.91 Å². The van der Waals surface area contributed by atoms with Gasteiger partial charge < -0.3 is 9.80 Å². The highest BCUT2D eigenvalue weighted by Gasteiger charge is 2.23. The first kappa shape index (κ1) is 21.1. The molecule has 0 atom stereocenters. The van der Waals surface area contributed by atoms with Crippen molar-refractivity contribution in [1.29, 1.82) is 0 Å². The summed E-state index contributed by atoms with van der Waals surface area (Å²) in [7, 11) is -3.95. The molecule has 2 aromatic carbocycles. The smallest absolute Gasteiger partial charge is 0.261 e. The van der Waals surface area contributed by atoms with Gasteiger partial charge in [0.05, 0.1) is 9.92 Å². The maximum Gasteiger partial charge on any atom is 0.261 e. The fourth-order valence-corrected chi connectivity index (χ4v) is 4.28. The van der Waals surface area contributed by atoms with Crippen molar-refractivity contribution in [3.05, 3.63) is 58.9 Å². The fraction of sp³-hybridized carbons (Fsp3) is 0.263. The predicted molar refractivity (Wildman–Crippen MR) is 107 cm³/mol. The van der Waals surface area contributed by atoms with Crippen molar-refractivity contribution in [2.24, 2.45) is 0 Å². The number of sulfonamides is 1. The monoisotopic (exact) mass is 439 g/mol. The lowest BCUT2D eigenvalue weighted by molar-refractivity contribution is -0.130. The SMILES string of the molecule is CC(=O)N1CCN(C(=O)c2ccc(NS(=O)(=O)c3ccc(F)c(Cl)c3)cc2)CC1. The third kappa shape index (κ3) is 4.86. The van der Waals surface area contributed by atoms with Gasteiger partial charge >= 0.3 is 0 Å². The molecule has 0 radical (unpaired) electrons. The third-order valence-corrected chi connectivity index (χ3v) is 6.27. The lowest BCUT2D eigenvalue weighted by Gasteiger charge is -2.34. The van der Waals surface area contributed by atoms with E-state index in [1.54, 1.807) is 9.80 Å². The summed E-state index contributed by atoms with van der Waals surface area (Å²) in [6.07, 6.45) is 0. The third-order valence-electron chi connectivity index (χ3n) is 4.60. The van der Waals surface area contributed by atoms with Gasteiger partial charge in [-0.05, 0) is 42.5 Å². The first-order valence-electron chi connectivity index (χ1n) is 8.80. The molecule has 154 valence electrons. The van der Waals surface area contributed by atoms with Crippen LogP contribution in [-0.2, 0) is 14.8 Å². The molecule has 10 heteroatoms. The summed E-state index contributed by atoms with van der Waals surface area (Å²) < 4.78 is 40.4. The molecule has 0 aromatic heterocycles. The number of carbonyl (C=O) groups is 2. The van der Waals surface area contributed by atoms with Crippen molar-refractivity contribution in [3.63, 3.8) is 0 Å². The fourth-order valence-electron chi connectivity index (χ4n) is 2.95. The maximum absolute atomic E-state index is 13.2. The molecule has 0 saturated carbocycles. The summed E-state index contributed by atoms with van der Waals surface area (Å²) in [6, 6.07) is 9.11. The minimum atomic E-state index is -3.95. The number of halogens is 2. The number of benzene rings is 2. The molecule has 1 fully saturated rings. The summed E-state index contributed by atoms with van der Waals surface area (Å²) in [6.45, 7) is 3.35. The number of nitrogens with zero attached hydrogens (tertiary/aromatic N) is 2. The van der Waals surface area contributed by atoms with Crippen LogP contribution in [0.15, 0.2) is 47.4 Å². The molecule has 0 aliphatic carbocycles. The van der Waals surface area contributed by atoms with Crippen LogP contribution in [0.2, 0.25) is 5.02 Å². The standard InChI is InChI=1S/C19H19ClFN3O4S/c1-13(25)23-8-10-24(11-9-23)19(26)14-2-4-15(5-3-14)22-29(27,28)16-6-7-18(21)17(20)12-16/h2-7,12,22H,8-11H2,1H3. The molecule has 1 heterocycles. The number of hydrogen-bond donors (Lipinski definition) is 1. The molecule has 3 rings (SSSR count). The lowest BCUT2D eigenvalue weighted by atomic mass is 10.1. The molecule has 2 amide bonds. The molecule has 2 aromatic rings. The van der Waals surface area contributed by atoms with Crippen LogP contribution in [0.1, 0.15) is 17.3 Å². The number of piperazine rings is 1. The van der Waals surface area contributed by atoms with E-state index in [0.29, 0.717) is 31.7 Å². The molecular formula is C19H19ClFN3O4S. The van der Waals surface area contributed by atoms with E-state index < -0.39 is 15.8 Å². The van der Waals surface area contributed by atoms with Gasteiger partial charge in [0.15, 0.2) is 0 Å². The quantitative estimate of drug-likeness (QED) is 0.793. The number of carbonyl (C=O) groups excluding carboxylic acids is 2. The Hall–Kier alpha value is -2.65. The zero-order chi connectivity index (χ0) is 21.2. The van der Waals surface area contributed by atoms with E-state index in [-0.39, 0.29) is 27.4 Å². The average Bonchev–Trinajstić information content (AvgIpc) is 2.70. The Bertz CT molecular complexity index is 1040. The zero-order valence-corrected chi connectivity index (χ0v) is 17.1. The van der Waals surface area contributed by atoms with Crippen LogP contribution >= 0.6 is 11.6 Å². The number of amides is 2. The maximum atomic E-state index is 13.2. The normalized spacial score (nSPS) is 14.6. The van der Waals surface area contributed by atoms with Crippen molar-refractivity contribution in [2.75, 3.05) is 30.9 Å². The number of nitrogens with one attached hydrogen (secondary N) is 1. The molecule has 1 saturated heterocycles. The van der Waals surface area contributed by atoms with E-state index in [2.05, 4.69) is 4.72 Å². The van der Waals surface area contributed by atoms with Crippen LogP contribution in [0.25, 0.3) is 0 Å². The number of hydrogen-bond acceptors (Lipinski definition) is 4. The molecule has 0 unspecified atom stereocenters. The molecule has 29 heavy (non-hydrogen) atoms. The molecule has 7 nitrogen and oxygen atoms in total. The van der Waals surface area contributed by atoms with Crippen molar-refractivity contribution in [3.8, 4) is 0 Å². The van der Waals surface area contributed by atoms with Crippen LogP contribution < -0.4 is 4.72 Å². The van der Waals surface area contributed by atoms with Gasteiger partial charge in [0, 0.05) is 44.4 Å². The Morgan fingerprint density at radius 2 is 1.59 bits per heavy atom. The minimum Gasteiger partial charge on any atom is -0.339 e. The summed E-state index contributed by atoms with van der Waals surface area (Å²) in [5.41, 5.74) is 0.664. The highest BCUT2D eigenvalue weighted by molar-refractivity contribution is 7.92. The highest BCUT2D eigenvalue weighted by atomic mass is 35.5. The van der Waals surface area contributed by atoms with Gasteiger partial charge in [0.25, 0.3) is 15.9 Å². The molecular weight excluding hydrogens is 421 g/mol. The van der Waals surface area contributed by atoms with Crippen LogP contribution in [0.4, 0.5) is 10.1 Å². The summed E-state index contributed by atoms with van der Waals surface area (Å²) >= 11 is 5.65. The molecule has 0 bridgehead atoms. The second-order valence-electron chi connectivity index (χ2n) is 6.56. The first-order valence-corrected chi connectivity index (χ1v) is 10.7. The summed E-state index contributed by atoms with van der Waals surface area (Å²) in [5, 5.41) is -0.293. The van der Waals surface area contributed by atoms with Gasteiger partial charge in [0.1, 0.15) is 5.82 Å². The Balaban J connectivity index is 1.67. The Morgan fingerprint density at radius 1 is 1.00 bits per heavy atom. The van der Waals surface area contributed by atoms with Crippen LogP contribution in [0, 0.1) is 5.82 Å². The molecule has 0 spiro atoms. The van der Waals surface area contributed by atoms with Crippen molar-refractivity contribution < 1.29 is 22.4 Å². The predicted octanol–water partition coefficient (Wildman–Crippen LogP) is 2.58. The highest BCUT2D eigenvalue weighted by Crippen LogP contribution is 2.22. The zero-order valence-electron chi connectivity index (χ0n) is 15.6. The van der Waals surface area contributed by atoms with E-state index in [4.69, 9.17) is 11.6 Å². The first-order chi connectivity index (χ1) is 13.7. The topological polar surface area (TPSA) is 86.8 Å².